The molecule has 2 heteroatoms. The summed E-state index contributed by atoms with van der Waals surface area (Å²) in [6.07, 6.45) is 5.62. The SMILES string of the molecule is CC(CN)CCN(C)CC1CCC1. The molecule has 0 bridgehead atoms. The number of nitrogens with zero attached hydrogens (tertiary/aromatic N) is 1. The van der Waals surface area contributed by atoms with Gasteiger partial charge >= 0.3 is 0 Å². The van der Waals surface area contributed by atoms with Crippen molar-refractivity contribution in [1.29, 1.82) is 0 Å². The van der Waals surface area contributed by atoms with Gasteiger partial charge in [0.2, 0.25) is 0 Å². The van der Waals surface area contributed by atoms with Crippen LogP contribution in [0, 0.1) is 11.8 Å². The molecule has 1 unspecified atom stereocenters. The fourth-order valence-electron chi connectivity index (χ4n) is 1.77. The average Bonchev–Trinajstić information content (AvgIpc) is 2.07. The van der Waals surface area contributed by atoms with Gasteiger partial charge in [0.05, 0.1) is 0 Å². The molecular formula is C11H24N2. The average molecular weight is 184 g/mol. The molecule has 2 nitrogen and oxygen atoms in total. The predicted molar refractivity (Wildman–Crippen MR) is 57.7 cm³/mol. The largest absolute Gasteiger partial charge is 0.330 e. The van der Waals surface area contributed by atoms with E-state index < -0.39 is 0 Å². The van der Waals surface area contributed by atoms with Gasteiger partial charge in [0.25, 0.3) is 0 Å². The number of hydrogen-bond acceptors (Lipinski definition) is 2. The van der Waals surface area contributed by atoms with Crippen molar-refractivity contribution in [3.8, 4) is 0 Å². The first-order valence-electron chi connectivity index (χ1n) is 5.61. The van der Waals surface area contributed by atoms with Gasteiger partial charge in [-0.3, -0.25) is 0 Å². The van der Waals surface area contributed by atoms with Crippen LogP contribution in [0.3, 0.4) is 0 Å². The molecule has 0 aromatic heterocycles. The summed E-state index contributed by atoms with van der Waals surface area (Å²) in [5.74, 6) is 1.68. The molecule has 13 heavy (non-hydrogen) atoms. The lowest BCUT2D eigenvalue weighted by Gasteiger charge is -2.30. The minimum atomic E-state index is 0.684. The molecule has 0 aromatic carbocycles. The topological polar surface area (TPSA) is 29.3 Å². The minimum Gasteiger partial charge on any atom is -0.330 e. The highest BCUT2D eigenvalue weighted by Gasteiger charge is 2.18. The molecule has 0 aromatic rings. The Morgan fingerprint density at radius 1 is 1.46 bits per heavy atom. The van der Waals surface area contributed by atoms with Gasteiger partial charge in [0.1, 0.15) is 0 Å². The molecule has 1 saturated carbocycles. The van der Waals surface area contributed by atoms with E-state index in [1.54, 1.807) is 0 Å². The summed E-state index contributed by atoms with van der Waals surface area (Å²) in [7, 11) is 2.24. The normalized spacial score (nSPS) is 20.3. The van der Waals surface area contributed by atoms with E-state index >= 15 is 0 Å². The van der Waals surface area contributed by atoms with E-state index in [-0.39, 0.29) is 0 Å². The maximum atomic E-state index is 5.58. The fraction of sp³-hybridized carbons (Fsp3) is 1.00. The van der Waals surface area contributed by atoms with Crippen molar-refractivity contribution in [2.24, 2.45) is 17.6 Å². The molecule has 0 aliphatic heterocycles. The molecule has 1 aliphatic carbocycles. The van der Waals surface area contributed by atoms with E-state index in [0.717, 1.165) is 12.5 Å². The third kappa shape index (κ3) is 4.10. The Hall–Kier alpha value is -0.0800. The molecule has 1 aliphatic rings. The van der Waals surface area contributed by atoms with Crippen molar-refractivity contribution < 1.29 is 0 Å². The molecule has 78 valence electrons. The lowest BCUT2D eigenvalue weighted by Crippen LogP contribution is -2.31. The predicted octanol–water partition coefficient (Wildman–Crippen LogP) is 1.70. The van der Waals surface area contributed by atoms with E-state index in [4.69, 9.17) is 5.73 Å². The Morgan fingerprint density at radius 2 is 2.15 bits per heavy atom. The molecule has 2 N–H and O–H groups in total. The molecule has 1 rings (SSSR count). The summed E-state index contributed by atoms with van der Waals surface area (Å²) in [5.41, 5.74) is 5.58. The highest BCUT2D eigenvalue weighted by molar-refractivity contribution is 4.72. The van der Waals surface area contributed by atoms with Crippen LogP contribution < -0.4 is 5.73 Å². The summed E-state index contributed by atoms with van der Waals surface area (Å²) in [6, 6.07) is 0. The van der Waals surface area contributed by atoms with Crippen molar-refractivity contribution in [1.82, 2.24) is 4.90 Å². The first-order chi connectivity index (χ1) is 6.22. The maximum absolute atomic E-state index is 5.58. The van der Waals surface area contributed by atoms with Gasteiger partial charge in [0.15, 0.2) is 0 Å². The fourth-order valence-corrected chi connectivity index (χ4v) is 1.77. The summed E-state index contributed by atoms with van der Waals surface area (Å²) in [4.78, 5) is 2.47. The van der Waals surface area contributed by atoms with E-state index in [1.807, 2.05) is 0 Å². The van der Waals surface area contributed by atoms with Crippen LogP contribution in [-0.2, 0) is 0 Å². The zero-order valence-electron chi connectivity index (χ0n) is 9.13. The van der Waals surface area contributed by atoms with Crippen LogP contribution in [0.15, 0.2) is 0 Å². The summed E-state index contributed by atoms with van der Waals surface area (Å²) in [6.45, 7) is 5.58. The molecule has 0 amide bonds. The Balaban J connectivity index is 1.99. The molecular weight excluding hydrogens is 160 g/mol. The standard InChI is InChI=1S/C11H24N2/c1-10(8-12)6-7-13(2)9-11-4-3-5-11/h10-11H,3-9,12H2,1-2H3. The molecule has 1 fully saturated rings. The van der Waals surface area contributed by atoms with Gasteiger partial charge in [0, 0.05) is 6.54 Å². The Bertz CT molecular complexity index is 132. The van der Waals surface area contributed by atoms with Gasteiger partial charge in [-0.1, -0.05) is 13.3 Å². The van der Waals surface area contributed by atoms with Crippen molar-refractivity contribution in [3.63, 3.8) is 0 Å². The summed E-state index contributed by atoms with van der Waals surface area (Å²) in [5, 5.41) is 0. The second-order valence-electron chi connectivity index (χ2n) is 4.69. The minimum absolute atomic E-state index is 0.684. The lowest BCUT2D eigenvalue weighted by atomic mass is 9.85. The van der Waals surface area contributed by atoms with Crippen LogP contribution in [0.1, 0.15) is 32.6 Å². The van der Waals surface area contributed by atoms with Crippen molar-refractivity contribution >= 4 is 0 Å². The van der Waals surface area contributed by atoms with Crippen LogP contribution in [-0.4, -0.2) is 31.6 Å². The Labute approximate surface area is 82.5 Å². The highest BCUT2D eigenvalue weighted by atomic mass is 15.1. The van der Waals surface area contributed by atoms with E-state index in [9.17, 15) is 0 Å². The number of hydrogen-bond donors (Lipinski definition) is 1. The van der Waals surface area contributed by atoms with Crippen LogP contribution in [0.5, 0.6) is 0 Å². The number of rotatable bonds is 6. The second-order valence-corrected chi connectivity index (χ2v) is 4.69. The second kappa shape index (κ2) is 5.61. The summed E-state index contributed by atoms with van der Waals surface area (Å²) >= 11 is 0. The third-order valence-corrected chi connectivity index (χ3v) is 3.20. The zero-order chi connectivity index (χ0) is 9.68. The van der Waals surface area contributed by atoms with Crippen LogP contribution in [0.4, 0.5) is 0 Å². The van der Waals surface area contributed by atoms with Crippen molar-refractivity contribution in [2.45, 2.75) is 32.6 Å². The van der Waals surface area contributed by atoms with Crippen molar-refractivity contribution in [2.75, 3.05) is 26.7 Å². The first kappa shape index (κ1) is 11.0. The zero-order valence-corrected chi connectivity index (χ0v) is 9.13. The Morgan fingerprint density at radius 3 is 2.62 bits per heavy atom. The first-order valence-corrected chi connectivity index (χ1v) is 5.61. The maximum Gasteiger partial charge on any atom is 0.000661 e. The molecule has 1 atom stereocenters. The molecule has 0 radical (unpaired) electrons. The molecule has 0 saturated heterocycles. The molecule has 0 spiro atoms. The quantitative estimate of drug-likeness (QED) is 0.681. The van der Waals surface area contributed by atoms with Gasteiger partial charge in [-0.05, 0) is 51.2 Å². The van der Waals surface area contributed by atoms with Crippen LogP contribution >= 0.6 is 0 Å². The van der Waals surface area contributed by atoms with Gasteiger partial charge in [-0.15, -0.1) is 0 Å². The summed E-state index contributed by atoms with van der Waals surface area (Å²) < 4.78 is 0. The van der Waals surface area contributed by atoms with Gasteiger partial charge in [-0.2, -0.15) is 0 Å². The molecule has 0 heterocycles. The smallest absolute Gasteiger partial charge is 0.000661 e. The lowest BCUT2D eigenvalue weighted by molar-refractivity contribution is 0.198. The van der Waals surface area contributed by atoms with E-state index in [0.29, 0.717) is 5.92 Å². The van der Waals surface area contributed by atoms with Gasteiger partial charge in [-0.25, -0.2) is 0 Å². The van der Waals surface area contributed by atoms with Crippen LogP contribution in [0.25, 0.3) is 0 Å². The Kier molecular flexibility index (Phi) is 4.74. The highest BCUT2D eigenvalue weighted by Crippen LogP contribution is 2.26. The third-order valence-electron chi connectivity index (χ3n) is 3.20. The van der Waals surface area contributed by atoms with Crippen LogP contribution in [0.2, 0.25) is 0 Å². The number of nitrogens with two attached hydrogens (primary N) is 1. The van der Waals surface area contributed by atoms with Crippen molar-refractivity contribution in [3.05, 3.63) is 0 Å². The van der Waals surface area contributed by atoms with E-state index in [1.165, 1.54) is 38.8 Å². The van der Waals surface area contributed by atoms with E-state index in [2.05, 4.69) is 18.9 Å². The monoisotopic (exact) mass is 184 g/mol. The van der Waals surface area contributed by atoms with Gasteiger partial charge < -0.3 is 10.6 Å².